The van der Waals surface area contributed by atoms with E-state index < -0.39 is 35.8 Å². The highest BCUT2D eigenvalue weighted by molar-refractivity contribution is 5.93. The number of guanidine groups is 1. The van der Waals surface area contributed by atoms with Crippen molar-refractivity contribution >= 4 is 23.7 Å². The number of benzene rings is 1. The van der Waals surface area contributed by atoms with Gasteiger partial charge in [0, 0.05) is 27.1 Å². The van der Waals surface area contributed by atoms with Gasteiger partial charge in [-0.15, -0.1) is 0 Å². The van der Waals surface area contributed by atoms with Crippen LogP contribution in [0.3, 0.4) is 0 Å². The second kappa shape index (κ2) is 14.1. The highest BCUT2D eigenvalue weighted by Gasteiger charge is 2.30. The molecule has 0 bridgehead atoms. The number of nitrogens with two attached hydrogens (primary N) is 2. The van der Waals surface area contributed by atoms with E-state index in [0.717, 1.165) is 5.56 Å². The number of hydrogen-bond donors (Lipinski definition) is 6. The van der Waals surface area contributed by atoms with E-state index in [-0.39, 0.29) is 18.3 Å². The highest BCUT2D eigenvalue weighted by Crippen LogP contribution is 2.11. The minimum Gasteiger partial charge on any atom is -0.368 e. The number of primary amides is 1. The molecule has 0 spiro atoms. The standard InChI is InChI=1S/C23H39N7O3/c1-5-15(2)19(29-21(32)17(24)12-9-13-30(4)23(26)27-3)22(33)28-18(20(25)31)14-16-10-7-6-8-11-16/h6-8,10-11,15,17-19H,5,9,12-14,24H2,1-4H3,(H2,25,31)(H2,26,27)(H,28,33)(H,29,32)/t15-,17-,18-,19-/m0/s1. The lowest BCUT2D eigenvalue weighted by Gasteiger charge is -2.27. The van der Waals surface area contributed by atoms with Crippen molar-refractivity contribution in [2.24, 2.45) is 17.4 Å². The summed E-state index contributed by atoms with van der Waals surface area (Å²) in [5.41, 5.74) is 12.4. The molecule has 0 saturated heterocycles. The molecule has 1 rings (SSSR count). The Morgan fingerprint density at radius 2 is 1.76 bits per heavy atom. The van der Waals surface area contributed by atoms with Crippen LogP contribution in [-0.2, 0) is 20.8 Å². The molecular formula is C23H39N7O3. The molecule has 184 valence electrons. The number of carbonyl (C=O) groups is 3. The topological polar surface area (TPSA) is 166 Å². The molecule has 8 N–H and O–H groups in total. The molecule has 10 heteroatoms. The second-order valence-electron chi connectivity index (χ2n) is 8.29. The lowest BCUT2D eigenvalue weighted by Crippen LogP contribution is -2.57. The van der Waals surface area contributed by atoms with E-state index in [1.165, 1.54) is 0 Å². The van der Waals surface area contributed by atoms with Crippen LogP contribution in [0.25, 0.3) is 0 Å². The largest absolute Gasteiger partial charge is 0.368 e. The van der Waals surface area contributed by atoms with Crippen LogP contribution >= 0.6 is 0 Å². The quantitative estimate of drug-likeness (QED) is 0.177. The summed E-state index contributed by atoms with van der Waals surface area (Å²) >= 11 is 0. The third-order valence-corrected chi connectivity index (χ3v) is 5.70. The van der Waals surface area contributed by atoms with Gasteiger partial charge < -0.3 is 32.3 Å². The Bertz CT molecular complexity index is 788. The summed E-state index contributed by atoms with van der Waals surface area (Å²) in [6.45, 7) is 4.33. The van der Waals surface area contributed by atoms with E-state index in [2.05, 4.69) is 16.0 Å². The monoisotopic (exact) mass is 461 g/mol. The number of rotatable bonds is 13. The summed E-state index contributed by atoms with van der Waals surface area (Å²) in [4.78, 5) is 39.4. The maximum Gasteiger partial charge on any atom is 0.243 e. The summed E-state index contributed by atoms with van der Waals surface area (Å²) < 4.78 is 0. The zero-order valence-electron chi connectivity index (χ0n) is 20.1. The molecule has 0 heterocycles. The van der Waals surface area contributed by atoms with Gasteiger partial charge in [0.2, 0.25) is 17.7 Å². The third-order valence-electron chi connectivity index (χ3n) is 5.70. The first-order valence-electron chi connectivity index (χ1n) is 11.3. The van der Waals surface area contributed by atoms with E-state index in [4.69, 9.17) is 16.9 Å². The first kappa shape index (κ1) is 27.9. The lowest BCUT2D eigenvalue weighted by molar-refractivity contribution is -0.133. The van der Waals surface area contributed by atoms with Crippen molar-refractivity contribution in [1.29, 1.82) is 5.41 Å². The number of nitrogens with one attached hydrogen (secondary N) is 4. The Balaban J connectivity index is 2.74. The molecule has 0 fully saturated rings. The van der Waals surface area contributed by atoms with Crippen LogP contribution in [0, 0.1) is 11.3 Å². The molecule has 0 unspecified atom stereocenters. The van der Waals surface area contributed by atoms with Crippen molar-refractivity contribution in [3.63, 3.8) is 0 Å². The van der Waals surface area contributed by atoms with Crippen molar-refractivity contribution in [2.45, 2.75) is 57.7 Å². The molecule has 1 aromatic rings. The molecule has 0 aliphatic heterocycles. The highest BCUT2D eigenvalue weighted by atomic mass is 16.2. The van der Waals surface area contributed by atoms with Gasteiger partial charge in [-0.25, -0.2) is 0 Å². The summed E-state index contributed by atoms with van der Waals surface area (Å²) in [6, 6.07) is 6.73. The average Bonchev–Trinajstić information content (AvgIpc) is 2.80. The lowest BCUT2D eigenvalue weighted by atomic mass is 9.96. The summed E-state index contributed by atoms with van der Waals surface area (Å²) in [7, 11) is 3.44. The van der Waals surface area contributed by atoms with Crippen LogP contribution in [0.1, 0.15) is 38.7 Å². The molecule has 0 saturated carbocycles. The molecule has 3 amide bonds. The normalized spacial score (nSPS) is 14.3. The Hall–Kier alpha value is -3.14. The number of hydrogen-bond acceptors (Lipinski definition) is 5. The smallest absolute Gasteiger partial charge is 0.243 e. The predicted molar refractivity (Wildman–Crippen MR) is 129 cm³/mol. The second-order valence-corrected chi connectivity index (χ2v) is 8.29. The van der Waals surface area contributed by atoms with Gasteiger partial charge in [-0.1, -0.05) is 50.6 Å². The fraction of sp³-hybridized carbons (Fsp3) is 0.565. The molecule has 0 aromatic heterocycles. The number of amides is 3. The summed E-state index contributed by atoms with van der Waals surface area (Å²) in [5.74, 6) is -1.43. The SMILES string of the molecule is CC[C@H](C)[C@H](NC(=O)[C@@H](N)CCCN(C)C(=N)NC)C(=O)N[C@@H](Cc1ccccc1)C(N)=O. The first-order chi connectivity index (χ1) is 15.6. The van der Waals surface area contributed by atoms with Crippen molar-refractivity contribution in [3.05, 3.63) is 35.9 Å². The fourth-order valence-electron chi connectivity index (χ4n) is 3.28. The molecule has 4 atom stereocenters. The summed E-state index contributed by atoms with van der Waals surface area (Å²) in [5, 5.41) is 15.9. The van der Waals surface area contributed by atoms with Crippen molar-refractivity contribution < 1.29 is 14.4 Å². The maximum atomic E-state index is 13.0. The van der Waals surface area contributed by atoms with Gasteiger partial charge in [0.1, 0.15) is 12.1 Å². The number of nitrogens with zero attached hydrogens (tertiary/aromatic N) is 1. The van der Waals surface area contributed by atoms with Crippen LogP contribution in [-0.4, -0.2) is 67.3 Å². The molecule has 0 radical (unpaired) electrons. The first-order valence-corrected chi connectivity index (χ1v) is 11.3. The van der Waals surface area contributed by atoms with Crippen molar-refractivity contribution in [3.8, 4) is 0 Å². The number of carbonyl (C=O) groups excluding carboxylic acids is 3. The van der Waals surface area contributed by atoms with Gasteiger partial charge in [-0.3, -0.25) is 19.8 Å². The van der Waals surface area contributed by atoms with Crippen LogP contribution in [0.15, 0.2) is 30.3 Å². The Morgan fingerprint density at radius 1 is 1.12 bits per heavy atom. The van der Waals surface area contributed by atoms with E-state index in [0.29, 0.717) is 25.8 Å². The van der Waals surface area contributed by atoms with E-state index in [1.54, 1.807) is 19.0 Å². The van der Waals surface area contributed by atoms with Gasteiger partial charge in [-0.2, -0.15) is 0 Å². The molecule has 0 aliphatic carbocycles. The Morgan fingerprint density at radius 3 is 2.30 bits per heavy atom. The average molecular weight is 462 g/mol. The van der Waals surface area contributed by atoms with Crippen molar-refractivity contribution in [2.75, 3.05) is 20.6 Å². The van der Waals surface area contributed by atoms with Crippen molar-refractivity contribution in [1.82, 2.24) is 20.9 Å². The molecule has 33 heavy (non-hydrogen) atoms. The fourth-order valence-corrected chi connectivity index (χ4v) is 3.28. The van der Waals surface area contributed by atoms with Crippen LogP contribution in [0.2, 0.25) is 0 Å². The van der Waals surface area contributed by atoms with Gasteiger partial charge >= 0.3 is 0 Å². The zero-order chi connectivity index (χ0) is 25.0. The minimum absolute atomic E-state index is 0.173. The van der Waals surface area contributed by atoms with Gasteiger partial charge in [0.25, 0.3) is 0 Å². The Labute approximate surface area is 196 Å². The molecular weight excluding hydrogens is 422 g/mol. The zero-order valence-corrected chi connectivity index (χ0v) is 20.1. The van der Waals surface area contributed by atoms with Gasteiger partial charge in [0.15, 0.2) is 5.96 Å². The van der Waals surface area contributed by atoms with E-state index in [9.17, 15) is 14.4 Å². The molecule has 0 aliphatic rings. The van der Waals surface area contributed by atoms with Crippen LogP contribution < -0.4 is 27.4 Å². The minimum atomic E-state index is -0.893. The summed E-state index contributed by atoms with van der Waals surface area (Å²) in [6.07, 6.45) is 1.91. The Kier molecular flexibility index (Phi) is 11.9. The van der Waals surface area contributed by atoms with Gasteiger partial charge in [-0.05, 0) is 24.3 Å². The third kappa shape index (κ3) is 9.48. The van der Waals surface area contributed by atoms with E-state index >= 15 is 0 Å². The maximum absolute atomic E-state index is 13.0. The van der Waals surface area contributed by atoms with E-state index in [1.807, 2.05) is 44.2 Å². The molecule has 1 aromatic carbocycles. The molecule has 10 nitrogen and oxygen atoms in total. The van der Waals surface area contributed by atoms with Crippen LogP contribution in [0.4, 0.5) is 0 Å². The van der Waals surface area contributed by atoms with Gasteiger partial charge in [0.05, 0.1) is 6.04 Å². The predicted octanol–water partition coefficient (Wildman–Crippen LogP) is -0.0764. The van der Waals surface area contributed by atoms with Crippen LogP contribution in [0.5, 0.6) is 0 Å².